The Morgan fingerprint density at radius 2 is 2.10 bits per heavy atom. The summed E-state index contributed by atoms with van der Waals surface area (Å²) in [4.78, 5) is 10.7. The fourth-order valence-corrected chi connectivity index (χ4v) is 3.54. The number of aromatic nitrogens is 4. The number of hydrogen-bond acceptors (Lipinski definition) is 6. The maximum atomic E-state index is 14.9. The maximum Gasteiger partial charge on any atom is 0.227 e. The Morgan fingerprint density at radius 3 is 2.77 bits per heavy atom. The molecule has 1 aliphatic rings. The van der Waals surface area contributed by atoms with Gasteiger partial charge in [-0.15, -0.1) is 0 Å². The van der Waals surface area contributed by atoms with Gasteiger partial charge in [-0.05, 0) is 51.3 Å². The van der Waals surface area contributed by atoms with Gasteiger partial charge in [-0.3, -0.25) is 4.68 Å². The molecule has 1 saturated carbocycles. The first-order valence-electron chi connectivity index (χ1n) is 10.3. The largest absolute Gasteiger partial charge is 0.371 e. The van der Waals surface area contributed by atoms with Crippen molar-refractivity contribution in [1.82, 2.24) is 19.7 Å². The number of anilines is 3. The molecule has 0 aliphatic heterocycles. The van der Waals surface area contributed by atoms with E-state index in [2.05, 4.69) is 26.5 Å². The van der Waals surface area contributed by atoms with Crippen molar-refractivity contribution in [2.24, 2.45) is 5.41 Å². The summed E-state index contributed by atoms with van der Waals surface area (Å²) in [7, 11) is 1.79. The summed E-state index contributed by atoms with van der Waals surface area (Å²) >= 11 is 0. The molecule has 3 aromatic rings. The van der Waals surface area contributed by atoms with E-state index in [1.807, 2.05) is 37.7 Å². The first-order valence-corrected chi connectivity index (χ1v) is 10.3. The van der Waals surface area contributed by atoms with Crippen molar-refractivity contribution < 1.29 is 4.39 Å². The Labute approximate surface area is 181 Å². The molecule has 0 atom stereocenters. The molecule has 31 heavy (non-hydrogen) atoms. The number of halogens is 1. The van der Waals surface area contributed by atoms with Crippen molar-refractivity contribution >= 4 is 17.3 Å². The van der Waals surface area contributed by atoms with Crippen LogP contribution in [-0.2, 0) is 0 Å². The topological polar surface area (TPSA) is 82.7 Å². The molecule has 7 nitrogen and oxygen atoms in total. The van der Waals surface area contributed by atoms with E-state index in [4.69, 9.17) is 0 Å². The zero-order valence-electron chi connectivity index (χ0n) is 18.2. The van der Waals surface area contributed by atoms with Crippen LogP contribution in [0.5, 0.6) is 0 Å². The lowest BCUT2D eigenvalue weighted by Crippen LogP contribution is -2.30. The minimum Gasteiger partial charge on any atom is -0.371 e. The molecule has 1 fully saturated rings. The summed E-state index contributed by atoms with van der Waals surface area (Å²) in [6.45, 7) is 6.00. The summed E-state index contributed by atoms with van der Waals surface area (Å²) in [5.74, 6) is 0.0836. The number of nitriles is 1. The molecule has 0 saturated heterocycles. The molecule has 160 valence electrons. The molecule has 0 bridgehead atoms. The molecule has 2 aromatic heterocycles. The standard InChI is InChI=1S/C23H26FN7/c1-15-10-26-22(28-17-11-27-31(12-17)18-6-7-18)29-21(15)16-5-8-20(19(24)9-16)30(4)14-23(2,3)13-25/h5,8-12,18H,6-7,14H2,1-4H3,(H,26,28,29). The number of hydrogen-bond donors (Lipinski definition) is 1. The van der Waals surface area contributed by atoms with Crippen LogP contribution < -0.4 is 10.2 Å². The number of nitrogens with one attached hydrogen (secondary N) is 1. The first kappa shape index (κ1) is 20.8. The smallest absolute Gasteiger partial charge is 0.227 e. The van der Waals surface area contributed by atoms with E-state index < -0.39 is 5.41 Å². The van der Waals surface area contributed by atoms with Crippen molar-refractivity contribution in [2.75, 3.05) is 23.8 Å². The van der Waals surface area contributed by atoms with Gasteiger partial charge in [0.1, 0.15) is 5.82 Å². The average molecular weight is 420 g/mol. The normalized spacial score (nSPS) is 13.7. The van der Waals surface area contributed by atoms with Gasteiger partial charge in [-0.25, -0.2) is 14.4 Å². The van der Waals surface area contributed by atoms with Gasteiger partial charge in [0.25, 0.3) is 0 Å². The number of nitrogens with zero attached hydrogens (tertiary/aromatic N) is 6. The van der Waals surface area contributed by atoms with Crippen LogP contribution >= 0.6 is 0 Å². The second-order valence-corrected chi connectivity index (χ2v) is 8.81. The highest BCUT2D eigenvalue weighted by atomic mass is 19.1. The van der Waals surface area contributed by atoms with Crippen molar-refractivity contribution in [2.45, 2.75) is 39.7 Å². The Morgan fingerprint density at radius 1 is 1.32 bits per heavy atom. The molecule has 1 aromatic carbocycles. The van der Waals surface area contributed by atoms with E-state index >= 15 is 0 Å². The molecular weight excluding hydrogens is 393 g/mol. The Bertz CT molecular complexity index is 1140. The first-order chi connectivity index (χ1) is 14.8. The van der Waals surface area contributed by atoms with Crippen LogP contribution in [0.3, 0.4) is 0 Å². The van der Waals surface area contributed by atoms with E-state index in [-0.39, 0.29) is 5.82 Å². The van der Waals surface area contributed by atoms with Gasteiger partial charge in [0.2, 0.25) is 5.95 Å². The summed E-state index contributed by atoms with van der Waals surface area (Å²) in [6, 6.07) is 7.81. The molecule has 1 N–H and O–H groups in total. The number of benzene rings is 1. The Kier molecular flexibility index (Phi) is 5.36. The molecule has 0 radical (unpaired) electrons. The van der Waals surface area contributed by atoms with Gasteiger partial charge < -0.3 is 10.2 Å². The highest BCUT2D eigenvalue weighted by molar-refractivity contribution is 5.68. The SMILES string of the molecule is Cc1cnc(Nc2cnn(C3CC3)c2)nc1-c1ccc(N(C)CC(C)(C)C#N)c(F)c1. The third-order valence-corrected chi connectivity index (χ3v) is 5.32. The molecule has 0 unspecified atom stereocenters. The fourth-order valence-electron chi connectivity index (χ4n) is 3.54. The van der Waals surface area contributed by atoms with Crippen LogP contribution in [0.2, 0.25) is 0 Å². The van der Waals surface area contributed by atoms with Crippen molar-refractivity contribution in [3.05, 3.63) is 48.2 Å². The summed E-state index contributed by atoms with van der Waals surface area (Å²) in [6.07, 6.45) is 7.76. The van der Waals surface area contributed by atoms with Crippen molar-refractivity contribution in [3.63, 3.8) is 0 Å². The van der Waals surface area contributed by atoms with E-state index in [0.717, 1.165) is 24.1 Å². The van der Waals surface area contributed by atoms with Gasteiger partial charge >= 0.3 is 0 Å². The molecule has 2 heterocycles. The van der Waals surface area contributed by atoms with Crippen LogP contribution in [-0.4, -0.2) is 33.3 Å². The zero-order chi connectivity index (χ0) is 22.2. The van der Waals surface area contributed by atoms with Gasteiger partial charge in [-0.1, -0.05) is 6.07 Å². The summed E-state index contributed by atoms with van der Waals surface area (Å²) in [5.41, 5.74) is 2.89. The molecule has 0 amide bonds. The third-order valence-electron chi connectivity index (χ3n) is 5.32. The minimum absolute atomic E-state index is 0.355. The third kappa shape index (κ3) is 4.66. The maximum absolute atomic E-state index is 14.9. The summed E-state index contributed by atoms with van der Waals surface area (Å²) in [5, 5.41) is 16.8. The monoisotopic (exact) mass is 419 g/mol. The van der Waals surface area contributed by atoms with Gasteiger partial charge in [0.05, 0.1) is 40.8 Å². The molecule has 8 heteroatoms. The lowest BCUT2D eigenvalue weighted by Gasteiger charge is -2.26. The van der Waals surface area contributed by atoms with E-state index in [9.17, 15) is 9.65 Å². The quantitative estimate of drug-likeness (QED) is 0.589. The number of aryl methyl sites for hydroxylation is 1. The predicted octanol–water partition coefficient (Wildman–Crippen LogP) is 4.85. The highest BCUT2D eigenvalue weighted by Gasteiger charge is 2.24. The van der Waals surface area contributed by atoms with E-state index in [1.54, 1.807) is 30.4 Å². The zero-order valence-corrected chi connectivity index (χ0v) is 18.2. The minimum atomic E-state index is -0.572. The van der Waals surface area contributed by atoms with Crippen LogP contribution in [0, 0.1) is 29.5 Å². The molecule has 0 spiro atoms. The van der Waals surface area contributed by atoms with Gasteiger partial charge in [0.15, 0.2) is 0 Å². The van der Waals surface area contributed by atoms with E-state index in [1.165, 1.54) is 6.07 Å². The van der Waals surface area contributed by atoms with Crippen LogP contribution in [0.15, 0.2) is 36.8 Å². The predicted molar refractivity (Wildman–Crippen MR) is 119 cm³/mol. The van der Waals surface area contributed by atoms with Gasteiger partial charge in [-0.2, -0.15) is 10.4 Å². The van der Waals surface area contributed by atoms with E-state index in [0.29, 0.717) is 35.5 Å². The lowest BCUT2D eigenvalue weighted by atomic mass is 9.95. The second kappa shape index (κ2) is 7.99. The highest BCUT2D eigenvalue weighted by Crippen LogP contribution is 2.35. The fraction of sp³-hybridized carbons (Fsp3) is 0.391. The Hall–Kier alpha value is -3.47. The average Bonchev–Trinajstić information content (AvgIpc) is 3.48. The van der Waals surface area contributed by atoms with Crippen molar-refractivity contribution in [1.29, 1.82) is 5.26 Å². The van der Waals surface area contributed by atoms with Gasteiger partial charge in [0, 0.05) is 31.5 Å². The number of rotatable bonds is 7. The van der Waals surface area contributed by atoms with Crippen LogP contribution in [0.4, 0.5) is 21.7 Å². The molecular formula is C23H26FN7. The second-order valence-electron chi connectivity index (χ2n) is 8.81. The van der Waals surface area contributed by atoms with Crippen molar-refractivity contribution in [3.8, 4) is 17.3 Å². The van der Waals surface area contributed by atoms with Crippen LogP contribution in [0.1, 0.15) is 38.3 Å². The molecule has 1 aliphatic carbocycles. The Balaban J connectivity index is 1.56. The summed E-state index contributed by atoms with van der Waals surface area (Å²) < 4.78 is 16.9. The molecule has 4 rings (SSSR count). The van der Waals surface area contributed by atoms with Crippen LogP contribution in [0.25, 0.3) is 11.3 Å². The lowest BCUT2D eigenvalue weighted by molar-refractivity contribution is 0.493.